The number of rotatable bonds is 4. The van der Waals surface area contributed by atoms with Crippen molar-refractivity contribution in [2.75, 3.05) is 20.1 Å². The lowest BCUT2D eigenvalue weighted by Crippen LogP contribution is -2.44. The van der Waals surface area contributed by atoms with E-state index < -0.39 is 5.60 Å². The number of hydrogen-bond acceptors (Lipinski definition) is 2. The van der Waals surface area contributed by atoms with Gasteiger partial charge in [-0.1, -0.05) is 19.1 Å². The number of likely N-dealkylation sites (N-methyl/N-ethyl adjacent to an activating group) is 1. The summed E-state index contributed by atoms with van der Waals surface area (Å²) in [4.78, 5) is 2.18. The van der Waals surface area contributed by atoms with Crippen LogP contribution in [0.25, 0.3) is 0 Å². The maximum absolute atomic E-state index is 10.4. The zero-order chi connectivity index (χ0) is 11.5. The summed E-state index contributed by atoms with van der Waals surface area (Å²) in [6.07, 6.45) is 4.23. The molecule has 0 aromatic carbocycles. The van der Waals surface area contributed by atoms with Gasteiger partial charge in [-0.25, -0.2) is 0 Å². The number of aliphatic hydroxyl groups is 1. The molecule has 0 aliphatic heterocycles. The normalized spacial score (nSPS) is 31.9. The average Bonchev–Trinajstić information content (AvgIpc) is 2.09. The molecule has 2 heteroatoms. The monoisotopic (exact) mass is 211 g/mol. The lowest BCUT2D eigenvalue weighted by molar-refractivity contribution is -0.0285. The maximum Gasteiger partial charge on any atom is 0.0774 e. The summed E-state index contributed by atoms with van der Waals surface area (Å²) in [5, 5.41) is 10.4. The quantitative estimate of drug-likeness (QED) is 0.722. The predicted molar refractivity (Wildman–Crippen MR) is 64.9 cm³/mol. The summed E-state index contributed by atoms with van der Waals surface area (Å²) >= 11 is 0. The Labute approximate surface area is 94.0 Å². The van der Waals surface area contributed by atoms with E-state index in [4.69, 9.17) is 0 Å². The molecule has 0 amide bonds. The summed E-state index contributed by atoms with van der Waals surface area (Å²) in [6, 6.07) is 0. The smallest absolute Gasteiger partial charge is 0.0774 e. The van der Waals surface area contributed by atoms with Gasteiger partial charge in [-0.15, -0.1) is 0 Å². The molecule has 2 nitrogen and oxygen atoms in total. The molecule has 88 valence electrons. The second kappa shape index (κ2) is 5.13. The fourth-order valence-corrected chi connectivity index (χ4v) is 2.48. The Morgan fingerprint density at radius 1 is 1.47 bits per heavy atom. The van der Waals surface area contributed by atoms with Gasteiger partial charge in [0.15, 0.2) is 0 Å². The molecule has 0 radical (unpaired) electrons. The van der Waals surface area contributed by atoms with Gasteiger partial charge >= 0.3 is 0 Å². The van der Waals surface area contributed by atoms with Crippen molar-refractivity contribution in [1.29, 1.82) is 0 Å². The maximum atomic E-state index is 10.4. The van der Waals surface area contributed by atoms with Crippen LogP contribution in [0.3, 0.4) is 0 Å². The summed E-state index contributed by atoms with van der Waals surface area (Å²) in [6.45, 7) is 9.88. The molecule has 0 atom stereocenters. The fourth-order valence-electron chi connectivity index (χ4n) is 2.48. The summed E-state index contributed by atoms with van der Waals surface area (Å²) in [5.41, 5.74) is 0.710. The molecule has 1 rings (SSSR count). The molecule has 0 heterocycles. The van der Waals surface area contributed by atoms with Crippen molar-refractivity contribution >= 4 is 0 Å². The molecule has 0 unspecified atom stereocenters. The molecule has 0 bridgehead atoms. The van der Waals surface area contributed by atoms with E-state index in [1.54, 1.807) is 0 Å². The van der Waals surface area contributed by atoms with Crippen LogP contribution >= 0.6 is 0 Å². The first-order valence-corrected chi connectivity index (χ1v) is 5.96. The van der Waals surface area contributed by atoms with Gasteiger partial charge in [0.25, 0.3) is 0 Å². The van der Waals surface area contributed by atoms with Crippen molar-refractivity contribution in [2.45, 2.75) is 45.1 Å². The second-order valence-corrected chi connectivity index (χ2v) is 5.54. The third-order valence-electron chi connectivity index (χ3n) is 3.31. The van der Waals surface area contributed by atoms with Crippen LogP contribution in [-0.2, 0) is 0 Å². The van der Waals surface area contributed by atoms with Gasteiger partial charge in [0, 0.05) is 13.1 Å². The van der Waals surface area contributed by atoms with E-state index in [2.05, 4.69) is 25.5 Å². The Morgan fingerprint density at radius 3 is 2.47 bits per heavy atom. The minimum Gasteiger partial charge on any atom is -0.389 e. The third kappa shape index (κ3) is 4.35. The highest BCUT2D eigenvalue weighted by Gasteiger charge is 2.32. The molecule has 1 N–H and O–H groups in total. The molecule has 1 aliphatic carbocycles. The largest absolute Gasteiger partial charge is 0.389 e. The van der Waals surface area contributed by atoms with Crippen LogP contribution in [0.4, 0.5) is 0 Å². The van der Waals surface area contributed by atoms with Crippen molar-refractivity contribution in [3.05, 3.63) is 12.2 Å². The molecule has 0 saturated heterocycles. The Kier molecular flexibility index (Phi) is 4.35. The first kappa shape index (κ1) is 12.7. The number of nitrogens with zero attached hydrogens (tertiary/aromatic N) is 1. The summed E-state index contributed by atoms with van der Waals surface area (Å²) < 4.78 is 0. The highest BCUT2D eigenvalue weighted by Crippen LogP contribution is 2.32. The molecule has 1 aliphatic rings. The van der Waals surface area contributed by atoms with Crippen LogP contribution < -0.4 is 0 Å². The zero-order valence-corrected chi connectivity index (χ0v) is 10.4. The summed E-state index contributed by atoms with van der Waals surface area (Å²) in [5.74, 6) is 0.789. The van der Waals surface area contributed by atoms with Crippen molar-refractivity contribution in [3.63, 3.8) is 0 Å². The van der Waals surface area contributed by atoms with Gasteiger partial charge in [-0.3, -0.25) is 4.90 Å². The van der Waals surface area contributed by atoms with E-state index in [1.807, 2.05) is 6.92 Å². The Balaban J connectivity index is 2.39. The SMILES string of the molecule is C=C(C)CN(C)CC1(O)CCC(C)CC1. The molecular weight excluding hydrogens is 186 g/mol. The minimum atomic E-state index is -0.448. The zero-order valence-electron chi connectivity index (χ0n) is 10.4. The highest BCUT2D eigenvalue weighted by molar-refractivity contribution is 4.94. The lowest BCUT2D eigenvalue weighted by atomic mass is 9.79. The molecule has 1 fully saturated rings. The van der Waals surface area contributed by atoms with Crippen LogP contribution in [0.1, 0.15) is 39.5 Å². The van der Waals surface area contributed by atoms with E-state index >= 15 is 0 Å². The molecule has 0 aromatic heterocycles. The molecule has 1 saturated carbocycles. The van der Waals surface area contributed by atoms with E-state index in [9.17, 15) is 5.11 Å². The van der Waals surface area contributed by atoms with Gasteiger partial charge in [0.05, 0.1) is 5.60 Å². The van der Waals surface area contributed by atoms with Gasteiger partial charge < -0.3 is 5.11 Å². The topological polar surface area (TPSA) is 23.5 Å². The Hall–Kier alpha value is -0.340. The minimum absolute atomic E-state index is 0.448. The molecule has 0 aromatic rings. The van der Waals surface area contributed by atoms with Gasteiger partial charge in [0.2, 0.25) is 0 Å². The van der Waals surface area contributed by atoms with E-state index in [0.717, 1.165) is 50.3 Å². The van der Waals surface area contributed by atoms with Crippen LogP contribution in [0.5, 0.6) is 0 Å². The van der Waals surface area contributed by atoms with E-state index in [1.165, 1.54) is 0 Å². The van der Waals surface area contributed by atoms with Crippen molar-refractivity contribution in [3.8, 4) is 0 Å². The second-order valence-electron chi connectivity index (χ2n) is 5.54. The Bertz CT molecular complexity index is 217. The Morgan fingerprint density at radius 2 is 2.00 bits per heavy atom. The number of hydrogen-bond donors (Lipinski definition) is 1. The average molecular weight is 211 g/mol. The molecule has 0 spiro atoms. The molecular formula is C13H25NO. The van der Waals surface area contributed by atoms with Crippen molar-refractivity contribution in [2.24, 2.45) is 5.92 Å². The van der Waals surface area contributed by atoms with Crippen molar-refractivity contribution < 1.29 is 5.11 Å². The predicted octanol–water partition coefficient (Wildman–Crippen LogP) is 2.44. The van der Waals surface area contributed by atoms with Crippen LogP contribution in [0.15, 0.2) is 12.2 Å². The molecule has 15 heavy (non-hydrogen) atoms. The van der Waals surface area contributed by atoms with Crippen LogP contribution in [-0.4, -0.2) is 35.7 Å². The van der Waals surface area contributed by atoms with E-state index in [-0.39, 0.29) is 0 Å². The summed E-state index contributed by atoms with van der Waals surface area (Å²) in [7, 11) is 2.06. The van der Waals surface area contributed by atoms with Gasteiger partial charge in [-0.2, -0.15) is 0 Å². The van der Waals surface area contributed by atoms with Gasteiger partial charge in [0.1, 0.15) is 0 Å². The first-order chi connectivity index (χ1) is 6.91. The fraction of sp³-hybridized carbons (Fsp3) is 0.846. The highest BCUT2D eigenvalue weighted by atomic mass is 16.3. The van der Waals surface area contributed by atoms with Crippen LogP contribution in [0.2, 0.25) is 0 Å². The first-order valence-electron chi connectivity index (χ1n) is 5.96. The lowest BCUT2D eigenvalue weighted by Gasteiger charge is -2.37. The standard InChI is InChI=1S/C13H25NO/c1-11(2)9-14(4)10-13(15)7-5-12(3)6-8-13/h12,15H,1,5-10H2,2-4H3. The third-order valence-corrected chi connectivity index (χ3v) is 3.31. The van der Waals surface area contributed by atoms with E-state index in [0.29, 0.717) is 0 Å². The van der Waals surface area contributed by atoms with Gasteiger partial charge in [-0.05, 0) is 45.6 Å². The van der Waals surface area contributed by atoms with Crippen molar-refractivity contribution in [1.82, 2.24) is 4.90 Å². The van der Waals surface area contributed by atoms with Crippen LogP contribution in [0, 0.1) is 5.92 Å².